The summed E-state index contributed by atoms with van der Waals surface area (Å²) in [5.41, 5.74) is 0.617. The highest BCUT2D eigenvalue weighted by Crippen LogP contribution is 2.60. The number of amides is 2. The summed E-state index contributed by atoms with van der Waals surface area (Å²) in [7, 11) is 0. The Hall–Kier alpha value is -2.08. The van der Waals surface area contributed by atoms with Crippen molar-refractivity contribution in [3.05, 3.63) is 34.9 Å². The molecule has 4 saturated carbocycles. The van der Waals surface area contributed by atoms with Crippen LogP contribution in [0.1, 0.15) is 56.9 Å². The second-order valence-corrected chi connectivity index (χ2v) is 10.8. The number of esters is 1. The third-order valence-corrected chi connectivity index (χ3v) is 8.24. The SMILES string of the molecule is O=C(COC(=O)C1CCCN1C(=O)C12CC3CC(CC(C3)C1)C2)NCc1cccc(Cl)c1. The van der Waals surface area contributed by atoms with Crippen molar-refractivity contribution < 1.29 is 19.1 Å². The normalized spacial score (nSPS) is 32.7. The van der Waals surface area contributed by atoms with Crippen molar-refractivity contribution in [2.45, 2.75) is 64.0 Å². The lowest BCUT2D eigenvalue weighted by Gasteiger charge is -2.56. The number of rotatable bonds is 6. The third kappa shape index (κ3) is 4.26. The minimum absolute atomic E-state index is 0.168. The van der Waals surface area contributed by atoms with Crippen LogP contribution in [0.5, 0.6) is 0 Å². The molecule has 4 bridgehead atoms. The number of nitrogens with one attached hydrogen (secondary N) is 1. The summed E-state index contributed by atoms with van der Waals surface area (Å²) in [6.45, 7) is 0.591. The maximum absolute atomic E-state index is 13.7. The lowest BCUT2D eigenvalue weighted by atomic mass is 9.49. The lowest BCUT2D eigenvalue weighted by Crippen LogP contribution is -2.56. The second kappa shape index (κ2) is 8.69. The highest BCUT2D eigenvalue weighted by Gasteiger charge is 2.57. The molecule has 1 unspecified atom stereocenters. The Morgan fingerprint density at radius 1 is 1.09 bits per heavy atom. The highest BCUT2D eigenvalue weighted by molar-refractivity contribution is 6.30. The zero-order chi connectivity index (χ0) is 22.3. The Morgan fingerprint density at radius 3 is 2.44 bits per heavy atom. The zero-order valence-corrected chi connectivity index (χ0v) is 19.1. The number of hydrogen-bond donors (Lipinski definition) is 1. The van der Waals surface area contributed by atoms with Gasteiger partial charge < -0.3 is 15.0 Å². The summed E-state index contributed by atoms with van der Waals surface area (Å²) in [5.74, 6) is 1.39. The van der Waals surface area contributed by atoms with Crippen LogP contribution in [0.3, 0.4) is 0 Å². The zero-order valence-electron chi connectivity index (χ0n) is 18.4. The maximum Gasteiger partial charge on any atom is 0.329 e. The number of ether oxygens (including phenoxy) is 1. The van der Waals surface area contributed by atoms with E-state index in [9.17, 15) is 14.4 Å². The first-order valence-corrected chi connectivity index (χ1v) is 12.3. The van der Waals surface area contributed by atoms with Crippen LogP contribution in [0, 0.1) is 23.2 Å². The van der Waals surface area contributed by atoms with Gasteiger partial charge in [0.05, 0.1) is 5.41 Å². The molecular weight excluding hydrogens is 428 g/mol. The number of hydrogen-bond acceptors (Lipinski definition) is 4. The third-order valence-electron chi connectivity index (χ3n) is 8.00. The van der Waals surface area contributed by atoms with E-state index in [1.807, 2.05) is 12.1 Å². The molecule has 172 valence electrons. The quantitative estimate of drug-likeness (QED) is 0.659. The summed E-state index contributed by atoms with van der Waals surface area (Å²) in [5, 5.41) is 3.34. The van der Waals surface area contributed by atoms with E-state index in [-0.39, 0.29) is 23.8 Å². The Kier molecular flexibility index (Phi) is 5.91. The van der Waals surface area contributed by atoms with Gasteiger partial charge in [-0.25, -0.2) is 4.79 Å². The van der Waals surface area contributed by atoms with E-state index in [0.717, 1.165) is 31.2 Å². The Bertz CT molecular complexity index is 882. The van der Waals surface area contributed by atoms with Gasteiger partial charge in [-0.3, -0.25) is 9.59 Å². The standard InChI is InChI=1S/C25H31ClN2O4/c26-20-4-1-3-16(10-20)14-27-22(29)15-32-23(30)21-5-2-6-28(21)24(31)25-11-17-7-18(12-25)9-19(8-17)13-25/h1,3-4,10,17-19,21H,2,5-9,11-15H2,(H,27,29). The van der Waals surface area contributed by atoms with Crippen LogP contribution in [-0.4, -0.2) is 41.9 Å². The number of benzene rings is 1. The van der Waals surface area contributed by atoms with Gasteiger partial charge in [0, 0.05) is 18.1 Å². The summed E-state index contributed by atoms with van der Waals surface area (Å²) in [6.07, 6.45) is 8.22. The van der Waals surface area contributed by atoms with Crippen LogP contribution in [-0.2, 0) is 25.7 Å². The van der Waals surface area contributed by atoms with Gasteiger partial charge in [0.2, 0.25) is 5.91 Å². The molecule has 1 aliphatic heterocycles. The fourth-order valence-electron chi connectivity index (χ4n) is 7.06. The first-order valence-electron chi connectivity index (χ1n) is 11.9. The van der Waals surface area contributed by atoms with E-state index >= 15 is 0 Å². The van der Waals surface area contributed by atoms with Crippen LogP contribution in [0.2, 0.25) is 5.02 Å². The summed E-state index contributed by atoms with van der Waals surface area (Å²) in [6, 6.07) is 6.67. The Balaban J connectivity index is 1.15. The van der Waals surface area contributed by atoms with Gasteiger partial charge in [-0.2, -0.15) is 0 Å². The molecule has 5 aliphatic rings. The smallest absolute Gasteiger partial charge is 0.329 e. The Morgan fingerprint density at radius 2 is 1.78 bits per heavy atom. The van der Waals surface area contributed by atoms with Crippen molar-refractivity contribution in [3.63, 3.8) is 0 Å². The molecule has 1 saturated heterocycles. The summed E-state index contributed by atoms with van der Waals surface area (Å²) < 4.78 is 5.33. The van der Waals surface area contributed by atoms with Crippen molar-refractivity contribution in [1.29, 1.82) is 0 Å². The van der Waals surface area contributed by atoms with E-state index < -0.39 is 12.0 Å². The molecule has 1 N–H and O–H groups in total. The molecule has 7 heteroatoms. The molecule has 1 heterocycles. The topological polar surface area (TPSA) is 75.7 Å². The van der Waals surface area contributed by atoms with Crippen LogP contribution in [0.15, 0.2) is 24.3 Å². The van der Waals surface area contributed by atoms with Crippen molar-refractivity contribution in [2.24, 2.45) is 23.2 Å². The molecular formula is C25H31ClN2O4. The molecule has 0 aromatic heterocycles. The molecule has 0 radical (unpaired) electrons. The van der Waals surface area contributed by atoms with Gasteiger partial charge in [-0.15, -0.1) is 0 Å². The van der Waals surface area contributed by atoms with E-state index in [4.69, 9.17) is 16.3 Å². The average molecular weight is 459 g/mol. The van der Waals surface area contributed by atoms with Gasteiger partial charge in [-0.05, 0) is 86.8 Å². The number of likely N-dealkylation sites (tertiary alicyclic amines) is 1. The number of carbonyl (C=O) groups is 3. The van der Waals surface area contributed by atoms with Crippen molar-refractivity contribution in [3.8, 4) is 0 Å². The molecule has 6 nitrogen and oxygen atoms in total. The van der Waals surface area contributed by atoms with Gasteiger partial charge in [0.25, 0.3) is 5.91 Å². The predicted molar refractivity (Wildman–Crippen MR) is 120 cm³/mol. The van der Waals surface area contributed by atoms with Crippen LogP contribution >= 0.6 is 11.6 Å². The molecule has 2 amide bonds. The van der Waals surface area contributed by atoms with E-state index in [2.05, 4.69) is 5.32 Å². The number of halogens is 1. The minimum atomic E-state index is -0.559. The van der Waals surface area contributed by atoms with E-state index in [0.29, 0.717) is 42.3 Å². The van der Waals surface area contributed by atoms with Gasteiger partial charge >= 0.3 is 5.97 Å². The average Bonchev–Trinajstić information content (AvgIpc) is 3.24. The largest absolute Gasteiger partial charge is 0.454 e. The fourth-order valence-corrected chi connectivity index (χ4v) is 7.28. The highest BCUT2D eigenvalue weighted by atomic mass is 35.5. The van der Waals surface area contributed by atoms with Crippen LogP contribution in [0.25, 0.3) is 0 Å². The van der Waals surface area contributed by atoms with Gasteiger partial charge in [0.15, 0.2) is 6.61 Å². The molecule has 32 heavy (non-hydrogen) atoms. The first-order chi connectivity index (χ1) is 15.4. The van der Waals surface area contributed by atoms with Crippen LogP contribution in [0.4, 0.5) is 0 Å². The predicted octanol–water partition coefficient (Wildman–Crippen LogP) is 3.71. The Labute approximate surface area is 194 Å². The molecule has 0 spiro atoms. The molecule has 1 aromatic rings. The lowest BCUT2D eigenvalue weighted by molar-refractivity contribution is -0.166. The monoisotopic (exact) mass is 458 g/mol. The van der Waals surface area contributed by atoms with Crippen molar-refractivity contribution in [2.75, 3.05) is 13.2 Å². The molecule has 1 atom stereocenters. The second-order valence-electron chi connectivity index (χ2n) is 10.4. The van der Waals surface area contributed by atoms with Crippen LogP contribution < -0.4 is 5.32 Å². The van der Waals surface area contributed by atoms with Crippen molar-refractivity contribution in [1.82, 2.24) is 10.2 Å². The van der Waals surface area contributed by atoms with E-state index in [1.54, 1.807) is 17.0 Å². The molecule has 6 rings (SSSR count). The summed E-state index contributed by atoms with van der Waals surface area (Å²) >= 11 is 5.96. The number of carbonyl (C=O) groups excluding carboxylic acids is 3. The molecule has 1 aromatic carbocycles. The van der Waals surface area contributed by atoms with Gasteiger partial charge in [0.1, 0.15) is 6.04 Å². The molecule has 5 fully saturated rings. The summed E-state index contributed by atoms with van der Waals surface area (Å²) in [4.78, 5) is 40.4. The fraction of sp³-hybridized carbons (Fsp3) is 0.640. The van der Waals surface area contributed by atoms with Crippen molar-refractivity contribution >= 4 is 29.4 Å². The maximum atomic E-state index is 13.7. The minimum Gasteiger partial charge on any atom is -0.454 e. The molecule has 4 aliphatic carbocycles. The van der Waals surface area contributed by atoms with E-state index in [1.165, 1.54) is 19.3 Å². The number of nitrogens with zero attached hydrogens (tertiary/aromatic N) is 1. The van der Waals surface area contributed by atoms with Gasteiger partial charge in [-0.1, -0.05) is 23.7 Å². The first kappa shape index (κ1) is 21.7.